The number of hydrazine groups is 1. The van der Waals surface area contributed by atoms with E-state index in [2.05, 4.69) is 43.0 Å². The van der Waals surface area contributed by atoms with Gasteiger partial charge in [-0.1, -0.05) is 17.8 Å². The lowest BCUT2D eigenvalue weighted by molar-refractivity contribution is 0.531. The lowest BCUT2D eigenvalue weighted by Crippen LogP contribution is -2.30. The molecule has 20 heavy (non-hydrogen) atoms. The zero-order valence-corrected chi connectivity index (χ0v) is 14.3. The predicted octanol–water partition coefficient (Wildman–Crippen LogP) is 2.04. The molecule has 0 radical (unpaired) electrons. The van der Waals surface area contributed by atoms with Crippen molar-refractivity contribution in [1.82, 2.24) is 24.8 Å². The van der Waals surface area contributed by atoms with Crippen LogP contribution in [0.4, 0.5) is 0 Å². The Labute approximate surface area is 131 Å². The van der Waals surface area contributed by atoms with Crippen LogP contribution in [-0.4, -0.2) is 19.4 Å². The fraction of sp³-hybridized carbons (Fsp3) is 0.583. The number of halogens is 1. The minimum atomic E-state index is 0.00245. The molecule has 3 N–H and O–H groups in total. The number of nitrogens with two attached hydrogens (primary N) is 1. The van der Waals surface area contributed by atoms with Gasteiger partial charge in [0.1, 0.15) is 0 Å². The number of rotatable bonds is 6. The molecule has 0 aliphatic carbocycles. The average Bonchev–Trinajstić information content (AvgIpc) is 2.96. The van der Waals surface area contributed by atoms with Crippen LogP contribution in [0.3, 0.4) is 0 Å². The lowest BCUT2D eigenvalue weighted by atomic mass is 10.1. The number of nitrogens with one attached hydrogen (secondary N) is 1. The van der Waals surface area contributed by atoms with Crippen LogP contribution in [-0.2, 0) is 19.9 Å². The third-order valence-electron chi connectivity index (χ3n) is 3.25. The number of nitrogens with zero attached hydrogens (tertiary/aromatic N) is 4. The quantitative estimate of drug-likeness (QED) is 0.609. The smallest absolute Gasteiger partial charge is 0.0804 e. The largest absolute Gasteiger partial charge is 0.271 e. The van der Waals surface area contributed by atoms with Crippen molar-refractivity contribution in [3.63, 3.8) is 0 Å². The molecule has 8 heteroatoms. The molecule has 0 aliphatic rings. The van der Waals surface area contributed by atoms with E-state index in [1.165, 1.54) is 11.5 Å². The van der Waals surface area contributed by atoms with Gasteiger partial charge >= 0.3 is 0 Å². The highest BCUT2D eigenvalue weighted by molar-refractivity contribution is 9.10. The highest BCUT2D eigenvalue weighted by atomic mass is 79.9. The topological polar surface area (TPSA) is 81.7 Å². The minimum Gasteiger partial charge on any atom is -0.271 e. The van der Waals surface area contributed by atoms with E-state index < -0.39 is 0 Å². The first-order chi connectivity index (χ1) is 9.58. The molecule has 6 nitrogen and oxygen atoms in total. The van der Waals surface area contributed by atoms with Crippen molar-refractivity contribution in [2.24, 2.45) is 12.9 Å². The van der Waals surface area contributed by atoms with Crippen molar-refractivity contribution >= 4 is 27.5 Å². The van der Waals surface area contributed by atoms with Gasteiger partial charge in [0, 0.05) is 13.5 Å². The standard InChI is InChI=1S/C12H19BrN6S/c1-4-5-8-12(20-18-16-8)9(15-14)6-10-11(13)7(2)17-19(10)3/h9,15H,4-6,14H2,1-3H3. The maximum absolute atomic E-state index is 5.74. The van der Waals surface area contributed by atoms with Gasteiger partial charge < -0.3 is 0 Å². The van der Waals surface area contributed by atoms with Crippen molar-refractivity contribution < 1.29 is 0 Å². The first-order valence-electron chi connectivity index (χ1n) is 6.53. The van der Waals surface area contributed by atoms with Gasteiger partial charge in [0.2, 0.25) is 0 Å². The second-order valence-electron chi connectivity index (χ2n) is 4.73. The molecule has 0 amide bonds. The van der Waals surface area contributed by atoms with Crippen LogP contribution < -0.4 is 11.3 Å². The lowest BCUT2D eigenvalue weighted by Gasteiger charge is -2.15. The Bertz CT molecular complexity index is 579. The summed E-state index contributed by atoms with van der Waals surface area (Å²) in [5.41, 5.74) is 6.01. The first-order valence-corrected chi connectivity index (χ1v) is 8.10. The predicted molar refractivity (Wildman–Crippen MR) is 83.3 cm³/mol. The van der Waals surface area contributed by atoms with Gasteiger partial charge in [-0.05, 0) is 40.8 Å². The number of hydrogen-bond donors (Lipinski definition) is 2. The molecule has 0 aromatic carbocycles. The molecule has 0 fully saturated rings. The summed E-state index contributed by atoms with van der Waals surface area (Å²) in [6.07, 6.45) is 2.72. The third kappa shape index (κ3) is 3.08. The Morgan fingerprint density at radius 1 is 1.50 bits per heavy atom. The van der Waals surface area contributed by atoms with E-state index in [9.17, 15) is 0 Å². The second kappa shape index (κ2) is 6.75. The molecule has 2 heterocycles. The second-order valence-corrected chi connectivity index (χ2v) is 6.31. The van der Waals surface area contributed by atoms with Crippen molar-refractivity contribution in [1.29, 1.82) is 0 Å². The summed E-state index contributed by atoms with van der Waals surface area (Å²) < 4.78 is 6.99. The van der Waals surface area contributed by atoms with Crippen LogP contribution >= 0.6 is 27.5 Å². The molecule has 2 rings (SSSR count). The summed E-state index contributed by atoms with van der Waals surface area (Å²) in [5.74, 6) is 5.74. The van der Waals surface area contributed by atoms with E-state index in [-0.39, 0.29) is 6.04 Å². The van der Waals surface area contributed by atoms with Gasteiger partial charge in [-0.25, -0.2) is 0 Å². The molecular formula is C12H19BrN6S. The zero-order chi connectivity index (χ0) is 14.7. The van der Waals surface area contributed by atoms with Gasteiger partial charge in [-0.2, -0.15) is 5.10 Å². The van der Waals surface area contributed by atoms with Crippen LogP contribution in [0.15, 0.2) is 4.47 Å². The molecule has 1 atom stereocenters. The number of hydrogen-bond acceptors (Lipinski definition) is 6. The minimum absolute atomic E-state index is 0.00245. The molecule has 0 saturated heterocycles. The fourth-order valence-electron chi connectivity index (χ4n) is 2.21. The maximum atomic E-state index is 5.74. The van der Waals surface area contributed by atoms with Gasteiger partial charge in [0.15, 0.2) is 0 Å². The highest BCUT2D eigenvalue weighted by Gasteiger charge is 2.22. The summed E-state index contributed by atoms with van der Waals surface area (Å²) in [7, 11) is 1.94. The summed E-state index contributed by atoms with van der Waals surface area (Å²) in [6, 6.07) is 0.00245. The summed E-state index contributed by atoms with van der Waals surface area (Å²) in [4.78, 5) is 1.11. The van der Waals surface area contributed by atoms with Crippen LogP contribution in [0, 0.1) is 6.92 Å². The van der Waals surface area contributed by atoms with Gasteiger partial charge in [0.05, 0.1) is 32.5 Å². The van der Waals surface area contributed by atoms with Crippen molar-refractivity contribution in [2.45, 2.75) is 39.2 Å². The summed E-state index contributed by atoms with van der Waals surface area (Å²) in [5, 5.41) is 8.62. The molecule has 0 bridgehead atoms. The molecule has 0 spiro atoms. The van der Waals surface area contributed by atoms with Crippen LogP contribution in [0.2, 0.25) is 0 Å². The molecule has 0 aliphatic heterocycles. The van der Waals surface area contributed by atoms with Crippen LogP contribution in [0.25, 0.3) is 0 Å². The van der Waals surface area contributed by atoms with Crippen LogP contribution in [0.5, 0.6) is 0 Å². The Hall–Kier alpha value is -0.830. The summed E-state index contributed by atoms with van der Waals surface area (Å²) >= 11 is 5.00. The molecule has 110 valence electrons. The molecule has 2 aromatic heterocycles. The molecule has 0 saturated carbocycles. The van der Waals surface area contributed by atoms with Crippen molar-refractivity contribution in [3.8, 4) is 0 Å². The number of aryl methyl sites for hydroxylation is 3. The van der Waals surface area contributed by atoms with E-state index >= 15 is 0 Å². The van der Waals surface area contributed by atoms with Gasteiger partial charge in [-0.15, -0.1) is 5.10 Å². The normalized spacial score (nSPS) is 12.8. The Balaban J connectivity index is 2.26. The van der Waals surface area contributed by atoms with Crippen LogP contribution in [0.1, 0.15) is 41.3 Å². The summed E-state index contributed by atoms with van der Waals surface area (Å²) in [6.45, 7) is 4.12. The number of aromatic nitrogens is 4. The Morgan fingerprint density at radius 3 is 2.80 bits per heavy atom. The van der Waals surface area contributed by atoms with Crippen molar-refractivity contribution in [3.05, 3.63) is 26.4 Å². The zero-order valence-electron chi connectivity index (χ0n) is 11.9. The van der Waals surface area contributed by atoms with E-state index in [0.29, 0.717) is 0 Å². The van der Waals surface area contributed by atoms with Crippen molar-refractivity contribution in [2.75, 3.05) is 0 Å². The average molecular weight is 359 g/mol. The molecule has 1 unspecified atom stereocenters. The third-order valence-corrected chi connectivity index (χ3v) is 5.16. The van der Waals surface area contributed by atoms with Gasteiger partial charge in [0.25, 0.3) is 0 Å². The van der Waals surface area contributed by atoms with E-state index in [1.807, 2.05) is 18.7 Å². The highest BCUT2D eigenvalue weighted by Crippen LogP contribution is 2.28. The van der Waals surface area contributed by atoms with Gasteiger partial charge in [-0.3, -0.25) is 16.0 Å². The SMILES string of the molecule is CCCc1nnsc1C(Cc1c(Br)c(C)nn1C)NN. The molecular weight excluding hydrogens is 340 g/mol. The Morgan fingerprint density at radius 2 is 2.25 bits per heavy atom. The Kier molecular flexibility index (Phi) is 5.25. The van der Waals surface area contributed by atoms with E-state index in [1.54, 1.807) is 0 Å². The van der Waals surface area contributed by atoms with E-state index in [4.69, 9.17) is 5.84 Å². The van der Waals surface area contributed by atoms with E-state index in [0.717, 1.165) is 45.7 Å². The fourth-order valence-corrected chi connectivity index (χ4v) is 3.46. The first kappa shape index (κ1) is 15.6. The monoisotopic (exact) mass is 358 g/mol. The maximum Gasteiger partial charge on any atom is 0.0804 e. The molecule has 2 aromatic rings.